The molecule has 1 atom stereocenters. The van der Waals surface area contributed by atoms with Gasteiger partial charge >= 0.3 is 6.18 Å². The summed E-state index contributed by atoms with van der Waals surface area (Å²) in [6, 6.07) is 6.59. The third kappa shape index (κ3) is 6.37. The summed E-state index contributed by atoms with van der Waals surface area (Å²) in [6.45, 7) is 3.82. The topological polar surface area (TPSA) is 53.6 Å². The summed E-state index contributed by atoms with van der Waals surface area (Å²) in [5.41, 5.74) is 0.691. The molecule has 2 rings (SSSR count). The van der Waals surface area contributed by atoms with Crippen molar-refractivity contribution in [3.63, 3.8) is 0 Å². The van der Waals surface area contributed by atoms with Crippen LogP contribution in [0.15, 0.2) is 24.3 Å². The zero-order valence-electron chi connectivity index (χ0n) is 13.5. The normalized spacial score (nSPS) is 19.1. The van der Waals surface area contributed by atoms with E-state index in [4.69, 9.17) is 4.74 Å². The second kappa shape index (κ2) is 8.34. The Balaban J connectivity index is 1.79. The van der Waals surface area contributed by atoms with Gasteiger partial charge in [0.2, 0.25) is 5.91 Å². The van der Waals surface area contributed by atoms with Crippen LogP contribution in [0.4, 0.5) is 13.2 Å². The number of amides is 1. The highest BCUT2D eigenvalue weighted by Gasteiger charge is 2.28. The molecular formula is C16H22F3N3O2. The van der Waals surface area contributed by atoms with Crippen molar-refractivity contribution in [3.8, 4) is 5.75 Å². The van der Waals surface area contributed by atoms with Crippen LogP contribution in [0.25, 0.3) is 0 Å². The number of benzene rings is 1. The smallest absolute Gasteiger partial charge is 0.422 e. The van der Waals surface area contributed by atoms with Crippen molar-refractivity contribution in [3.05, 3.63) is 29.8 Å². The number of nitrogens with one attached hydrogen (secondary N) is 2. The Labute approximate surface area is 139 Å². The highest BCUT2D eigenvalue weighted by molar-refractivity contribution is 5.78. The standard InChI is InChI=1S/C16H22F3N3O2/c1-12-8-20-5-6-22(12)10-15(23)21-9-13-3-2-4-14(7-13)24-11-16(17,18)19/h2-4,7,12,20H,5-6,8-11H2,1H3,(H,21,23)/t12-/m1/s1. The molecule has 1 saturated heterocycles. The fourth-order valence-electron chi connectivity index (χ4n) is 2.47. The maximum Gasteiger partial charge on any atom is 0.422 e. The van der Waals surface area contributed by atoms with Gasteiger partial charge in [0.1, 0.15) is 5.75 Å². The Morgan fingerprint density at radius 1 is 1.46 bits per heavy atom. The van der Waals surface area contributed by atoms with Gasteiger partial charge in [-0.15, -0.1) is 0 Å². The van der Waals surface area contributed by atoms with Crippen molar-refractivity contribution in [1.29, 1.82) is 0 Å². The van der Waals surface area contributed by atoms with Gasteiger partial charge in [0.25, 0.3) is 0 Å². The van der Waals surface area contributed by atoms with Crippen LogP contribution in [0.2, 0.25) is 0 Å². The number of halogens is 3. The molecule has 2 N–H and O–H groups in total. The van der Waals surface area contributed by atoms with E-state index in [1.807, 2.05) is 0 Å². The third-order valence-corrected chi connectivity index (χ3v) is 3.78. The number of hydrogen-bond donors (Lipinski definition) is 2. The van der Waals surface area contributed by atoms with Gasteiger partial charge in [0.15, 0.2) is 6.61 Å². The number of carbonyl (C=O) groups is 1. The number of ether oxygens (including phenoxy) is 1. The Hall–Kier alpha value is -1.80. The Morgan fingerprint density at radius 2 is 2.25 bits per heavy atom. The van der Waals surface area contributed by atoms with Crippen molar-refractivity contribution in [2.75, 3.05) is 32.8 Å². The maximum atomic E-state index is 12.2. The molecule has 1 aliphatic rings. The van der Waals surface area contributed by atoms with Crippen molar-refractivity contribution in [2.45, 2.75) is 25.7 Å². The quantitative estimate of drug-likeness (QED) is 0.821. The fourth-order valence-corrected chi connectivity index (χ4v) is 2.47. The molecule has 8 heteroatoms. The van der Waals surface area contributed by atoms with Gasteiger partial charge in [-0.2, -0.15) is 13.2 Å². The second-order valence-electron chi connectivity index (χ2n) is 5.85. The molecule has 0 saturated carbocycles. The number of hydrogen-bond acceptors (Lipinski definition) is 4. The molecule has 1 aliphatic heterocycles. The number of nitrogens with zero attached hydrogens (tertiary/aromatic N) is 1. The van der Waals surface area contributed by atoms with Crippen molar-refractivity contribution in [2.24, 2.45) is 0 Å². The Kier molecular flexibility index (Phi) is 6.44. The van der Waals surface area contributed by atoms with E-state index in [0.717, 1.165) is 19.6 Å². The maximum absolute atomic E-state index is 12.2. The van der Waals surface area contributed by atoms with Gasteiger partial charge in [-0.3, -0.25) is 9.69 Å². The zero-order chi connectivity index (χ0) is 17.6. The van der Waals surface area contributed by atoms with Crippen LogP contribution in [0, 0.1) is 0 Å². The molecule has 0 aromatic heterocycles. The average Bonchev–Trinajstić information content (AvgIpc) is 2.53. The highest BCUT2D eigenvalue weighted by Crippen LogP contribution is 2.19. The van der Waals surface area contributed by atoms with E-state index >= 15 is 0 Å². The molecule has 0 unspecified atom stereocenters. The van der Waals surface area contributed by atoms with Crippen molar-refractivity contribution >= 4 is 5.91 Å². The summed E-state index contributed by atoms with van der Waals surface area (Å²) in [4.78, 5) is 14.1. The van der Waals surface area contributed by atoms with E-state index in [9.17, 15) is 18.0 Å². The fraction of sp³-hybridized carbons (Fsp3) is 0.562. The minimum Gasteiger partial charge on any atom is -0.484 e. The van der Waals surface area contributed by atoms with Crippen LogP contribution in [0.5, 0.6) is 5.75 Å². The summed E-state index contributed by atoms with van der Waals surface area (Å²) in [5, 5.41) is 6.04. The van der Waals surface area contributed by atoms with E-state index in [0.29, 0.717) is 18.2 Å². The molecule has 134 valence electrons. The molecule has 0 aliphatic carbocycles. The van der Waals surface area contributed by atoms with Gasteiger partial charge in [-0.1, -0.05) is 12.1 Å². The summed E-state index contributed by atoms with van der Waals surface area (Å²) >= 11 is 0. The van der Waals surface area contributed by atoms with Crippen LogP contribution >= 0.6 is 0 Å². The lowest BCUT2D eigenvalue weighted by molar-refractivity contribution is -0.153. The van der Waals surface area contributed by atoms with Crippen molar-refractivity contribution in [1.82, 2.24) is 15.5 Å². The molecule has 1 aromatic rings. The van der Waals surface area contributed by atoms with Crippen molar-refractivity contribution < 1.29 is 22.7 Å². The summed E-state index contributed by atoms with van der Waals surface area (Å²) < 4.78 is 41.2. The van der Waals surface area contributed by atoms with E-state index in [1.54, 1.807) is 12.1 Å². The molecule has 1 fully saturated rings. The van der Waals surface area contributed by atoms with Gasteiger partial charge < -0.3 is 15.4 Å². The SMILES string of the molecule is C[C@@H]1CNCCN1CC(=O)NCc1cccc(OCC(F)(F)F)c1. The molecule has 0 spiro atoms. The largest absolute Gasteiger partial charge is 0.484 e. The van der Waals surface area contributed by atoms with E-state index < -0.39 is 12.8 Å². The monoisotopic (exact) mass is 345 g/mol. The number of piperazine rings is 1. The lowest BCUT2D eigenvalue weighted by Gasteiger charge is -2.33. The Bertz CT molecular complexity index is 552. The number of carbonyl (C=O) groups excluding carboxylic acids is 1. The molecule has 24 heavy (non-hydrogen) atoms. The lowest BCUT2D eigenvalue weighted by atomic mass is 10.2. The molecule has 0 radical (unpaired) electrons. The van der Waals surface area contributed by atoms with Crippen LogP contribution < -0.4 is 15.4 Å². The zero-order valence-corrected chi connectivity index (χ0v) is 13.5. The van der Waals surface area contributed by atoms with Crippen LogP contribution in [0.1, 0.15) is 12.5 Å². The highest BCUT2D eigenvalue weighted by atomic mass is 19.4. The Morgan fingerprint density at radius 3 is 2.96 bits per heavy atom. The summed E-state index contributed by atoms with van der Waals surface area (Å²) in [6.07, 6.45) is -4.37. The van der Waals surface area contributed by atoms with Crippen LogP contribution in [-0.4, -0.2) is 55.8 Å². The number of rotatable bonds is 6. The predicted octanol–water partition coefficient (Wildman–Crippen LogP) is 1.54. The van der Waals surface area contributed by atoms with Gasteiger partial charge in [0.05, 0.1) is 6.54 Å². The predicted molar refractivity (Wildman–Crippen MR) is 83.7 cm³/mol. The summed E-state index contributed by atoms with van der Waals surface area (Å²) in [7, 11) is 0. The van der Waals surface area contributed by atoms with Crippen LogP contribution in [-0.2, 0) is 11.3 Å². The van der Waals surface area contributed by atoms with E-state index in [-0.39, 0.29) is 18.2 Å². The molecule has 0 bridgehead atoms. The van der Waals surface area contributed by atoms with E-state index in [1.165, 1.54) is 12.1 Å². The minimum absolute atomic E-state index is 0.106. The number of alkyl halides is 3. The van der Waals surface area contributed by atoms with Crippen LogP contribution in [0.3, 0.4) is 0 Å². The second-order valence-corrected chi connectivity index (χ2v) is 5.85. The molecule has 1 heterocycles. The third-order valence-electron chi connectivity index (χ3n) is 3.78. The summed E-state index contributed by atoms with van der Waals surface area (Å²) in [5.74, 6) is 0.0279. The first-order valence-electron chi connectivity index (χ1n) is 7.83. The molecule has 1 amide bonds. The first-order valence-corrected chi connectivity index (χ1v) is 7.83. The van der Waals surface area contributed by atoms with Gasteiger partial charge in [-0.05, 0) is 24.6 Å². The first-order chi connectivity index (χ1) is 11.3. The first kappa shape index (κ1) is 18.5. The van der Waals surface area contributed by atoms with Gasteiger partial charge in [-0.25, -0.2) is 0 Å². The average molecular weight is 345 g/mol. The van der Waals surface area contributed by atoms with E-state index in [2.05, 4.69) is 22.5 Å². The molecule has 1 aromatic carbocycles. The molecule has 5 nitrogen and oxygen atoms in total. The molecular weight excluding hydrogens is 323 g/mol. The minimum atomic E-state index is -4.37. The van der Waals surface area contributed by atoms with Gasteiger partial charge in [0, 0.05) is 32.2 Å². The lowest BCUT2D eigenvalue weighted by Crippen LogP contribution is -2.52.